The summed E-state index contributed by atoms with van der Waals surface area (Å²) in [6.45, 7) is 0. The predicted molar refractivity (Wildman–Crippen MR) is 102 cm³/mol. The molecule has 6 nitrogen and oxygen atoms in total. The van der Waals surface area contributed by atoms with Crippen molar-refractivity contribution in [3.8, 4) is 5.75 Å². The van der Waals surface area contributed by atoms with Crippen LogP contribution in [-0.2, 0) is 9.84 Å². The minimum atomic E-state index is -3.38. The van der Waals surface area contributed by atoms with Gasteiger partial charge >= 0.3 is 0 Å². The molecule has 2 aromatic heterocycles. The van der Waals surface area contributed by atoms with Crippen LogP contribution >= 0.6 is 0 Å². The highest BCUT2D eigenvalue weighted by Gasteiger charge is 2.23. The van der Waals surface area contributed by atoms with Crippen LogP contribution in [0.2, 0.25) is 0 Å². The zero-order chi connectivity index (χ0) is 20.6. The molecule has 1 N–H and O–H groups in total. The first-order valence-corrected chi connectivity index (χ1v) is 10.4. The van der Waals surface area contributed by atoms with E-state index in [4.69, 9.17) is 4.74 Å². The van der Waals surface area contributed by atoms with Crippen molar-refractivity contribution in [1.82, 2.24) is 15.0 Å². The van der Waals surface area contributed by atoms with Gasteiger partial charge in [-0.1, -0.05) is 12.1 Å². The zero-order valence-corrected chi connectivity index (χ0v) is 16.0. The third kappa shape index (κ3) is 3.95. The van der Waals surface area contributed by atoms with Gasteiger partial charge in [0.2, 0.25) is 0 Å². The fourth-order valence-corrected chi connectivity index (χ4v) is 3.49. The van der Waals surface area contributed by atoms with Crippen molar-refractivity contribution in [3.05, 3.63) is 83.8 Å². The fraction of sp³-hybridized carbons (Fsp3) is 0.100. The predicted octanol–water partition coefficient (Wildman–Crippen LogP) is 3.81. The van der Waals surface area contributed by atoms with Gasteiger partial charge in [0.15, 0.2) is 39.0 Å². The molecule has 1 atom stereocenters. The number of halogens is 2. The van der Waals surface area contributed by atoms with E-state index in [9.17, 15) is 17.2 Å². The minimum absolute atomic E-state index is 0.138. The number of fused-ring (bicyclic) bond motifs is 1. The molecule has 0 spiro atoms. The first-order valence-electron chi connectivity index (χ1n) is 8.53. The van der Waals surface area contributed by atoms with Crippen molar-refractivity contribution in [1.29, 1.82) is 0 Å². The summed E-state index contributed by atoms with van der Waals surface area (Å²) in [5.41, 5.74) is 1.63. The largest absolute Gasteiger partial charge is 0.475 e. The number of rotatable bonds is 5. The Hall–Kier alpha value is -3.33. The summed E-state index contributed by atoms with van der Waals surface area (Å²) in [5, 5.41) is 0. The number of sulfone groups is 1. The molecule has 0 aliphatic heterocycles. The van der Waals surface area contributed by atoms with Crippen molar-refractivity contribution < 1.29 is 21.9 Å². The van der Waals surface area contributed by atoms with E-state index in [0.717, 1.165) is 18.4 Å². The number of hydrogen-bond donors (Lipinski definition) is 1. The SMILES string of the molecule is CS(=O)(=O)c1ccc(C(Oc2ccc(F)cc2F)c2nc3cccnc3[nH]2)cc1. The van der Waals surface area contributed by atoms with Crippen LogP contribution in [-0.4, -0.2) is 29.6 Å². The number of imidazole rings is 1. The van der Waals surface area contributed by atoms with Gasteiger partial charge in [-0.25, -0.2) is 27.2 Å². The molecule has 0 amide bonds. The first kappa shape index (κ1) is 19.0. The molecule has 0 saturated carbocycles. The average molecular weight is 415 g/mol. The lowest BCUT2D eigenvalue weighted by molar-refractivity contribution is 0.226. The van der Waals surface area contributed by atoms with Gasteiger partial charge in [0.25, 0.3) is 0 Å². The smallest absolute Gasteiger partial charge is 0.181 e. The Morgan fingerprint density at radius 1 is 1.07 bits per heavy atom. The molecular weight excluding hydrogens is 400 g/mol. The normalized spacial score (nSPS) is 12.8. The number of nitrogens with zero attached hydrogens (tertiary/aromatic N) is 2. The molecule has 0 aliphatic carbocycles. The summed E-state index contributed by atoms with van der Waals surface area (Å²) < 4.78 is 56.7. The van der Waals surface area contributed by atoms with Gasteiger partial charge in [0.1, 0.15) is 11.3 Å². The van der Waals surface area contributed by atoms with E-state index in [1.165, 1.54) is 18.2 Å². The third-order valence-corrected chi connectivity index (χ3v) is 5.40. The van der Waals surface area contributed by atoms with E-state index in [1.54, 1.807) is 30.5 Å². The monoisotopic (exact) mass is 415 g/mol. The average Bonchev–Trinajstić information content (AvgIpc) is 3.11. The standard InChI is InChI=1S/C20H15F2N3O3S/c1-29(26,27)14-7-4-12(5-8-14)18(28-17-9-6-13(21)11-15(17)22)20-24-16-3-2-10-23-19(16)25-20/h2-11,18H,1H3,(H,23,24,25). The Labute approximate surface area is 165 Å². The summed E-state index contributed by atoms with van der Waals surface area (Å²) in [6.07, 6.45) is 1.80. The van der Waals surface area contributed by atoms with E-state index >= 15 is 0 Å². The second-order valence-electron chi connectivity index (χ2n) is 6.41. The van der Waals surface area contributed by atoms with E-state index in [1.807, 2.05) is 0 Å². The van der Waals surface area contributed by atoms with Crippen molar-refractivity contribution in [2.45, 2.75) is 11.0 Å². The number of benzene rings is 2. The van der Waals surface area contributed by atoms with Gasteiger partial charge in [-0.3, -0.25) is 0 Å². The molecule has 0 saturated heterocycles. The molecule has 0 aliphatic rings. The van der Waals surface area contributed by atoms with E-state index < -0.39 is 27.6 Å². The fourth-order valence-electron chi connectivity index (χ4n) is 2.86. The molecule has 2 heterocycles. The summed E-state index contributed by atoms with van der Waals surface area (Å²) >= 11 is 0. The molecule has 4 aromatic rings. The van der Waals surface area contributed by atoms with Crippen molar-refractivity contribution in [2.24, 2.45) is 0 Å². The van der Waals surface area contributed by atoms with Crippen molar-refractivity contribution in [2.75, 3.05) is 6.26 Å². The van der Waals surface area contributed by atoms with Crippen molar-refractivity contribution >= 4 is 21.0 Å². The van der Waals surface area contributed by atoms with Crippen LogP contribution in [0.4, 0.5) is 8.78 Å². The zero-order valence-electron chi connectivity index (χ0n) is 15.1. The Kier molecular flexibility index (Phi) is 4.75. The number of hydrogen-bond acceptors (Lipinski definition) is 5. The summed E-state index contributed by atoms with van der Waals surface area (Å²) in [5.74, 6) is -1.42. The molecule has 4 rings (SSSR count). The van der Waals surface area contributed by atoms with E-state index in [2.05, 4.69) is 15.0 Å². The topological polar surface area (TPSA) is 84.9 Å². The quantitative estimate of drug-likeness (QED) is 0.536. The highest BCUT2D eigenvalue weighted by Crippen LogP contribution is 2.30. The molecule has 29 heavy (non-hydrogen) atoms. The second kappa shape index (κ2) is 7.25. The summed E-state index contributed by atoms with van der Waals surface area (Å²) in [7, 11) is -3.38. The second-order valence-corrected chi connectivity index (χ2v) is 8.42. The molecule has 0 bridgehead atoms. The van der Waals surface area contributed by atoms with Crippen LogP contribution in [0.15, 0.2) is 65.7 Å². The van der Waals surface area contributed by atoms with E-state index in [-0.39, 0.29) is 10.6 Å². The van der Waals surface area contributed by atoms with Crippen LogP contribution < -0.4 is 4.74 Å². The lowest BCUT2D eigenvalue weighted by atomic mass is 10.1. The van der Waals surface area contributed by atoms with Gasteiger partial charge < -0.3 is 9.72 Å². The minimum Gasteiger partial charge on any atom is -0.475 e. The van der Waals surface area contributed by atoms with Gasteiger partial charge in [-0.15, -0.1) is 0 Å². The van der Waals surface area contributed by atoms with Crippen LogP contribution in [0, 0.1) is 11.6 Å². The molecule has 1 unspecified atom stereocenters. The van der Waals surface area contributed by atoms with E-state index in [0.29, 0.717) is 22.6 Å². The highest BCUT2D eigenvalue weighted by atomic mass is 32.2. The summed E-state index contributed by atoms with van der Waals surface area (Å²) in [4.78, 5) is 11.8. The number of aromatic amines is 1. The molecule has 0 radical (unpaired) electrons. The maximum absolute atomic E-state index is 14.2. The molecule has 9 heteroatoms. The molecule has 2 aromatic carbocycles. The lowest BCUT2D eigenvalue weighted by Crippen LogP contribution is -2.12. The van der Waals surface area contributed by atoms with Crippen LogP contribution in [0.3, 0.4) is 0 Å². The number of ether oxygens (including phenoxy) is 1. The van der Waals surface area contributed by atoms with Crippen LogP contribution in [0.5, 0.6) is 5.75 Å². The molecule has 0 fully saturated rings. The van der Waals surface area contributed by atoms with Crippen LogP contribution in [0.1, 0.15) is 17.5 Å². The van der Waals surface area contributed by atoms with Crippen LogP contribution in [0.25, 0.3) is 11.2 Å². The van der Waals surface area contributed by atoms with Gasteiger partial charge in [-0.2, -0.15) is 0 Å². The lowest BCUT2D eigenvalue weighted by Gasteiger charge is -2.18. The Morgan fingerprint density at radius 2 is 1.83 bits per heavy atom. The van der Waals surface area contributed by atoms with Gasteiger partial charge in [-0.05, 0) is 36.4 Å². The maximum Gasteiger partial charge on any atom is 0.181 e. The number of pyridine rings is 1. The number of H-pyrrole nitrogens is 1. The van der Waals surface area contributed by atoms with Gasteiger partial charge in [0.05, 0.1) is 4.90 Å². The Bertz CT molecular complexity index is 1260. The van der Waals surface area contributed by atoms with Crippen molar-refractivity contribution in [3.63, 3.8) is 0 Å². The van der Waals surface area contributed by atoms with Gasteiger partial charge in [0, 0.05) is 24.1 Å². The number of nitrogens with one attached hydrogen (secondary N) is 1. The third-order valence-electron chi connectivity index (χ3n) is 4.27. The highest BCUT2D eigenvalue weighted by molar-refractivity contribution is 7.90. The summed E-state index contributed by atoms with van der Waals surface area (Å²) in [6, 6.07) is 12.5. The molecule has 148 valence electrons. The Morgan fingerprint density at radius 3 is 2.48 bits per heavy atom. The maximum atomic E-state index is 14.2. The number of aromatic nitrogens is 3. The Balaban J connectivity index is 1.79. The first-order chi connectivity index (χ1) is 13.8. The molecular formula is C20H15F2N3O3S.